The molecule has 0 N–H and O–H groups in total. The maximum absolute atomic E-state index is 5.18. The summed E-state index contributed by atoms with van der Waals surface area (Å²) in [6.07, 6.45) is 0. The highest BCUT2D eigenvalue weighted by Gasteiger charge is 2.20. The number of hydrogen-bond donors (Lipinski definition) is 0. The molecule has 2 heteroatoms. The average Bonchev–Trinajstić information content (AvgIpc) is 3.27. The zero-order chi connectivity index (χ0) is 25.7. The van der Waals surface area contributed by atoms with Gasteiger partial charge >= 0.3 is 0 Å². The van der Waals surface area contributed by atoms with E-state index in [9.17, 15) is 0 Å². The first-order valence-corrected chi connectivity index (χ1v) is 13.5. The van der Waals surface area contributed by atoms with E-state index in [0.29, 0.717) is 0 Å². The number of thiazole rings is 1. The van der Waals surface area contributed by atoms with Crippen molar-refractivity contribution in [3.63, 3.8) is 0 Å². The van der Waals surface area contributed by atoms with Crippen molar-refractivity contribution in [1.29, 1.82) is 0 Å². The molecule has 182 valence electrons. The van der Waals surface area contributed by atoms with Crippen molar-refractivity contribution < 1.29 is 0 Å². The van der Waals surface area contributed by atoms with Crippen molar-refractivity contribution in [2.24, 2.45) is 0 Å². The van der Waals surface area contributed by atoms with Gasteiger partial charge in [-0.15, -0.1) is 11.3 Å². The van der Waals surface area contributed by atoms with Gasteiger partial charge in [-0.25, -0.2) is 4.98 Å². The fraction of sp³-hybridized carbons (Fsp3) is 0.265. The van der Waals surface area contributed by atoms with Crippen LogP contribution < -0.4 is 0 Å². The van der Waals surface area contributed by atoms with Gasteiger partial charge in [-0.1, -0.05) is 114 Å². The van der Waals surface area contributed by atoms with E-state index in [1.54, 1.807) is 11.3 Å². The van der Waals surface area contributed by atoms with E-state index in [2.05, 4.69) is 133 Å². The molecule has 1 aromatic heterocycles. The van der Waals surface area contributed by atoms with Gasteiger partial charge in [-0.3, -0.25) is 0 Å². The molecule has 0 aliphatic carbocycles. The molecule has 0 saturated carbocycles. The highest BCUT2D eigenvalue weighted by Crippen LogP contribution is 2.40. The number of benzene rings is 4. The highest BCUT2D eigenvalue weighted by atomic mass is 32.1. The zero-order valence-electron chi connectivity index (χ0n) is 22.4. The molecule has 36 heavy (non-hydrogen) atoms. The minimum Gasteiger partial charge on any atom is -0.235 e. The van der Waals surface area contributed by atoms with Gasteiger partial charge in [0.2, 0.25) is 0 Å². The fourth-order valence-corrected chi connectivity index (χ4v) is 5.74. The number of nitrogens with zero attached hydrogens (tertiary/aromatic N) is 1. The lowest BCUT2D eigenvalue weighted by atomic mass is 9.85. The summed E-state index contributed by atoms with van der Waals surface area (Å²) in [5.74, 6) is 0. The van der Waals surface area contributed by atoms with E-state index in [0.717, 1.165) is 10.5 Å². The SMILES string of the molecule is Cc1ccccc1-c1nc2c(-c3ccc(-c4ccc(C(C)(C)C)cc4)cc3)cc(C(C)(C)C)cc2s1. The molecule has 0 fully saturated rings. The minimum atomic E-state index is 0.0600. The monoisotopic (exact) mass is 489 g/mol. The molecular weight excluding hydrogens is 454 g/mol. The molecule has 5 aromatic rings. The molecular formula is C34H35NS. The summed E-state index contributed by atoms with van der Waals surface area (Å²) >= 11 is 1.80. The van der Waals surface area contributed by atoms with Crippen LogP contribution in [0.4, 0.5) is 0 Å². The summed E-state index contributed by atoms with van der Waals surface area (Å²) in [4.78, 5) is 5.18. The zero-order valence-corrected chi connectivity index (χ0v) is 23.3. The standard InChI is InChI=1S/C34H35NS/c1-22-10-8-9-11-28(22)32-35-31-29(20-27(34(5,6)7)21-30(31)36-32)25-14-12-23(13-15-25)24-16-18-26(19-17-24)33(2,3)4/h8-21H,1-7H3. The van der Waals surface area contributed by atoms with Crippen LogP contribution in [0.1, 0.15) is 58.2 Å². The molecule has 0 unspecified atom stereocenters. The molecule has 0 aliphatic rings. The van der Waals surface area contributed by atoms with Gasteiger partial charge in [0.15, 0.2) is 0 Å². The van der Waals surface area contributed by atoms with Crippen LogP contribution in [0.15, 0.2) is 84.9 Å². The Morgan fingerprint density at radius 2 is 1.14 bits per heavy atom. The molecule has 0 aliphatic heterocycles. The van der Waals surface area contributed by atoms with Crippen molar-refractivity contribution in [2.75, 3.05) is 0 Å². The van der Waals surface area contributed by atoms with Crippen LogP contribution in [-0.2, 0) is 10.8 Å². The summed E-state index contributed by atoms with van der Waals surface area (Å²) in [6, 6.07) is 31.2. The van der Waals surface area contributed by atoms with Crippen LogP contribution in [0.2, 0.25) is 0 Å². The lowest BCUT2D eigenvalue weighted by Gasteiger charge is -2.20. The van der Waals surface area contributed by atoms with Crippen LogP contribution in [-0.4, -0.2) is 4.98 Å². The topological polar surface area (TPSA) is 12.9 Å². The third-order valence-electron chi connectivity index (χ3n) is 7.02. The fourth-order valence-electron chi connectivity index (χ4n) is 4.62. The molecule has 1 heterocycles. The Labute approximate surface area is 219 Å². The largest absolute Gasteiger partial charge is 0.235 e. The second-order valence-electron chi connectivity index (χ2n) is 11.9. The van der Waals surface area contributed by atoms with Gasteiger partial charge < -0.3 is 0 Å². The van der Waals surface area contributed by atoms with Gasteiger partial charge in [-0.2, -0.15) is 0 Å². The predicted molar refractivity (Wildman–Crippen MR) is 158 cm³/mol. The van der Waals surface area contributed by atoms with Crippen molar-refractivity contribution in [1.82, 2.24) is 4.98 Å². The highest BCUT2D eigenvalue weighted by molar-refractivity contribution is 7.21. The normalized spacial score (nSPS) is 12.3. The number of aryl methyl sites for hydroxylation is 1. The van der Waals surface area contributed by atoms with Crippen molar-refractivity contribution in [3.8, 4) is 32.8 Å². The molecule has 0 bridgehead atoms. The molecule has 4 aromatic carbocycles. The third-order valence-corrected chi connectivity index (χ3v) is 8.05. The van der Waals surface area contributed by atoms with Crippen LogP contribution in [0, 0.1) is 6.92 Å². The van der Waals surface area contributed by atoms with Crippen molar-refractivity contribution >= 4 is 21.6 Å². The van der Waals surface area contributed by atoms with Gasteiger partial charge in [0, 0.05) is 11.1 Å². The van der Waals surface area contributed by atoms with Gasteiger partial charge in [0.05, 0.1) is 10.2 Å². The van der Waals surface area contributed by atoms with Gasteiger partial charge in [-0.05, 0) is 63.3 Å². The number of rotatable bonds is 3. The quantitative estimate of drug-likeness (QED) is 0.246. The van der Waals surface area contributed by atoms with Crippen molar-refractivity contribution in [3.05, 3.63) is 102 Å². The Balaban J connectivity index is 1.59. The third kappa shape index (κ3) is 4.75. The van der Waals surface area contributed by atoms with Gasteiger partial charge in [0.1, 0.15) is 5.01 Å². The summed E-state index contributed by atoms with van der Waals surface area (Å²) < 4.78 is 1.25. The maximum Gasteiger partial charge on any atom is 0.124 e. The maximum atomic E-state index is 5.18. The summed E-state index contributed by atoms with van der Waals surface area (Å²) in [5, 5.41) is 1.09. The van der Waals surface area contributed by atoms with Crippen LogP contribution in [0.25, 0.3) is 43.0 Å². The average molecular weight is 490 g/mol. The first kappa shape index (κ1) is 24.5. The molecule has 0 atom stereocenters. The van der Waals surface area contributed by atoms with Crippen molar-refractivity contribution in [2.45, 2.75) is 59.3 Å². The Bertz CT molecular complexity index is 1520. The van der Waals surface area contributed by atoms with Crippen LogP contribution in [0.5, 0.6) is 0 Å². The summed E-state index contributed by atoms with van der Waals surface area (Å²) in [7, 11) is 0. The molecule has 0 saturated heterocycles. The number of aromatic nitrogens is 1. The van der Waals surface area contributed by atoms with Crippen LogP contribution in [0.3, 0.4) is 0 Å². The van der Waals surface area contributed by atoms with E-state index in [-0.39, 0.29) is 10.8 Å². The first-order valence-electron chi connectivity index (χ1n) is 12.7. The Hall–Kier alpha value is -3.23. The Kier molecular flexibility index (Phi) is 6.12. The van der Waals surface area contributed by atoms with E-state index in [4.69, 9.17) is 4.98 Å². The molecule has 0 radical (unpaired) electrons. The summed E-state index contributed by atoms with van der Waals surface area (Å²) in [6.45, 7) is 15.8. The smallest absolute Gasteiger partial charge is 0.124 e. The molecule has 5 rings (SSSR count). The van der Waals surface area contributed by atoms with Crippen LogP contribution >= 0.6 is 11.3 Å². The Morgan fingerprint density at radius 1 is 0.583 bits per heavy atom. The van der Waals surface area contributed by atoms with E-state index < -0.39 is 0 Å². The second-order valence-corrected chi connectivity index (χ2v) is 12.9. The Morgan fingerprint density at radius 3 is 1.72 bits per heavy atom. The minimum absolute atomic E-state index is 0.0600. The number of hydrogen-bond acceptors (Lipinski definition) is 2. The number of fused-ring (bicyclic) bond motifs is 1. The first-order chi connectivity index (χ1) is 17.0. The second kappa shape index (κ2) is 9.01. The van der Waals surface area contributed by atoms with Gasteiger partial charge in [0.25, 0.3) is 0 Å². The predicted octanol–water partition coefficient (Wildman–Crippen LogP) is 10.2. The lowest BCUT2D eigenvalue weighted by Crippen LogP contribution is -2.11. The van der Waals surface area contributed by atoms with E-state index in [1.807, 2.05) is 0 Å². The molecule has 1 nitrogen and oxygen atoms in total. The molecule has 0 amide bonds. The van der Waals surface area contributed by atoms with E-state index in [1.165, 1.54) is 49.2 Å². The molecule has 0 spiro atoms. The van der Waals surface area contributed by atoms with E-state index >= 15 is 0 Å². The lowest BCUT2D eigenvalue weighted by molar-refractivity contribution is 0.590. The summed E-state index contributed by atoms with van der Waals surface area (Å²) in [5.41, 5.74) is 11.4.